The van der Waals surface area contributed by atoms with Gasteiger partial charge in [0.25, 0.3) is 0 Å². The molecule has 0 bridgehead atoms. The molecule has 1 saturated heterocycles. The molecule has 0 amide bonds. The lowest BCUT2D eigenvalue weighted by atomic mass is 9.99. The van der Waals surface area contributed by atoms with Crippen LogP contribution >= 0.6 is 23.4 Å². The van der Waals surface area contributed by atoms with Crippen molar-refractivity contribution in [3.05, 3.63) is 40.5 Å². The van der Waals surface area contributed by atoms with Gasteiger partial charge in [-0.15, -0.1) is 0 Å². The van der Waals surface area contributed by atoms with Gasteiger partial charge >= 0.3 is 0 Å². The van der Waals surface area contributed by atoms with E-state index in [0.717, 1.165) is 41.8 Å². The van der Waals surface area contributed by atoms with Crippen LogP contribution in [0, 0.1) is 0 Å². The van der Waals surface area contributed by atoms with Crippen molar-refractivity contribution in [1.29, 1.82) is 0 Å². The average Bonchev–Trinajstić information content (AvgIpc) is 3.17. The van der Waals surface area contributed by atoms with Crippen LogP contribution in [0.5, 0.6) is 0 Å². The van der Waals surface area contributed by atoms with Gasteiger partial charge in [-0.25, -0.2) is 0 Å². The molecule has 1 atom stereocenters. The van der Waals surface area contributed by atoms with Crippen LogP contribution in [-0.4, -0.2) is 39.2 Å². The summed E-state index contributed by atoms with van der Waals surface area (Å²) >= 11 is 8.43. The SMILES string of the molecule is Clc1ccccc1-c1n[nH]c2c1CN([C@H]1CCSC1)CC2. The highest BCUT2D eigenvalue weighted by molar-refractivity contribution is 7.99. The van der Waals surface area contributed by atoms with Gasteiger partial charge in [0, 0.05) is 48.1 Å². The summed E-state index contributed by atoms with van der Waals surface area (Å²) in [5.41, 5.74) is 4.70. The fourth-order valence-corrected chi connectivity index (χ4v) is 4.79. The summed E-state index contributed by atoms with van der Waals surface area (Å²) in [5.74, 6) is 2.57. The minimum atomic E-state index is 0.733. The fourth-order valence-electron chi connectivity index (χ4n) is 3.31. The van der Waals surface area contributed by atoms with Crippen LogP contribution in [0.3, 0.4) is 0 Å². The molecule has 4 rings (SSSR count). The van der Waals surface area contributed by atoms with E-state index in [1.165, 1.54) is 29.2 Å². The van der Waals surface area contributed by atoms with Gasteiger partial charge in [-0.3, -0.25) is 10.00 Å². The van der Waals surface area contributed by atoms with E-state index < -0.39 is 0 Å². The molecule has 0 unspecified atom stereocenters. The molecule has 1 N–H and O–H groups in total. The number of hydrogen-bond donors (Lipinski definition) is 1. The minimum absolute atomic E-state index is 0.733. The van der Waals surface area contributed by atoms with Gasteiger partial charge in [-0.2, -0.15) is 16.9 Å². The number of hydrogen-bond acceptors (Lipinski definition) is 3. The normalized spacial score (nSPS) is 22.4. The maximum atomic E-state index is 6.35. The third-order valence-electron chi connectivity index (χ3n) is 4.51. The van der Waals surface area contributed by atoms with Crippen LogP contribution in [0.25, 0.3) is 11.3 Å². The van der Waals surface area contributed by atoms with E-state index in [1.807, 2.05) is 18.2 Å². The van der Waals surface area contributed by atoms with E-state index >= 15 is 0 Å². The van der Waals surface area contributed by atoms with Crippen molar-refractivity contribution in [1.82, 2.24) is 15.1 Å². The third kappa shape index (κ3) is 2.50. The van der Waals surface area contributed by atoms with E-state index in [1.54, 1.807) is 0 Å². The molecule has 1 aromatic carbocycles. The van der Waals surface area contributed by atoms with Crippen molar-refractivity contribution in [2.24, 2.45) is 0 Å². The molecule has 110 valence electrons. The topological polar surface area (TPSA) is 31.9 Å². The summed E-state index contributed by atoms with van der Waals surface area (Å²) < 4.78 is 0. The Hall–Kier alpha value is -0.970. The van der Waals surface area contributed by atoms with Crippen LogP contribution in [0.4, 0.5) is 0 Å². The molecule has 2 aromatic rings. The number of fused-ring (bicyclic) bond motifs is 1. The Balaban J connectivity index is 1.67. The van der Waals surface area contributed by atoms with Crippen LogP contribution in [0.15, 0.2) is 24.3 Å². The number of aromatic nitrogens is 2. The Kier molecular flexibility index (Phi) is 3.69. The molecule has 21 heavy (non-hydrogen) atoms. The molecule has 0 spiro atoms. The predicted molar refractivity (Wildman–Crippen MR) is 88.9 cm³/mol. The molecule has 1 aromatic heterocycles. The van der Waals surface area contributed by atoms with Gasteiger partial charge in [0.05, 0.1) is 10.7 Å². The maximum absolute atomic E-state index is 6.35. The Morgan fingerprint density at radius 3 is 3.05 bits per heavy atom. The van der Waals surface area contributed by atoms with Crippen molar-refractivity contribution in [3.63, 3.8) is 0 Å². The zero-order valence-electron chi connectivity index (χ0n) is 11.8. The lowest BCUT2D eigenvalue weighted by molar-refractivity contribution is 0.194. The number of rotatable bonds is 2. The second-order valence-corrected chi connectivity index (χ2v) is 7.30. The highest BCUT2D eigenvalue weighted by atomic mass is 35.5. The summed E-state index contributed by atoms with van der Waals surface area (Å²) in [6, 6.07) is 8.72. The molecule has 3 nitrogen and oxygen atoms in total. The lowest BCUT2D eigenvalue weighted by Gasteiger charge is -2.32. The van der Waals surface area contributed by atoms with Gasteiger partial charge in [0.2, 0.25) is 0 Å². The van der Waals surface area contributed by atoms with Crippen LogP contribution < -0.4 is 0 Å². The van der Waals surface area contributed by atoms with Crippen molar-refractivity contribution in [2.75, 3.05) is 18.1 Å². The lowest BCUT2D eigenvalue weighted by Crippen LogP contribution is -2.39. The van der Waals surface area contributed by atoms with Crippen molar-refractivity contribution in [3.8, 4) is 11.3 Å². The van der Waals surface area contributed by atoms with E-state index in [-0.39, 0.29) is 0 Å². The van der Waals surface area contributed by atoms with E-state index in [4.69, 9.17) is 11.6 Å². The van der Waals surface area contributed by atoms with E-state index in [0.29, 0.717) is 0 Å². The van der Waals surface area contributed by atoms with Gasteiger partial charge in [0.1, 0.15) is 0 Å². The van der Waals surface area contributed by atoms with Crippen LogP contribution in [-0.2, 0) is 13.0 Å². The Labute approximate surface area is 134 Å². The van der Waals surface area contributed by atoms with Crippen LogP contribution in [0.2, 0.25) is 5.02 Å². The van der Waals surface area contributed by atoms with Crippen molar-refractivity contribution >= 4 is 23.4 Å². The Bertz CT molecular complexity index is 649. The number of aromatic amines is 1. The molecule has 2 aliphatic rings. The van der Waals surface area contributed by atoms with Gasteiger partial charge < -0.3 is 0 Å². The largest absolute Gasteiger partial charge is 0.295 e. The number of H-pyrrole nitrogens is 1. The first-order chi connectivity index (χ1) is 10.3. The highest BCUT2D eigenvalue weighted by Crippen LogP contribution is 2.34. The molecule has 0 saturated carbocycles. The smallest absolute Gasteiger partial charge is 0.0983 e. The summed E-state index contributed by atoms with van der Waals surface area (Å²) in [7, 11) is 0. The molecule has 1 fully saturated rings. The first-order valence-corrected chi connectivity index (χ1v) is 8.99. The fraction of sp³-hybridized carbons (Fsp3) is 0.438. The molecular formula is C16H18ClN3S. The number of halogens is 1. The Morgan fingerprint density at radius 1 is 1.33 bits per heavy atom. The number of benzene rings is 1. The van der Waals surface area contributed by atoms with Crippen molar-refractivity contribution < 1.29 is 0 Å². The molecular weight excluding hydrogens is 302 g/mol. The number of thioether (sulfide) groups is 1. The van der Waals surface area contributed by atoms with Gasteiger partial charge in [-0.05, 0) is 18.2 Å². The maximum Gasteiger partial charge on any atom is 0.0983 e. The number of nitrogens with one attached hydrogen (secondary N) is 1. The number of nitrogens with zero attached hydrogens (tertiary/aromatic N) is 2. The minimum Gasteiger partial charge on any atom is -0.295 e. The van der Waals surface area contributed by atoms with Gasteiger partial charge in [-0.1, -0.05) is 29.8 Å². The summed E-state index contributed by atoms with van der Waals surface area (Å²) in [6.07, 6.45) is 2.38. The molecule has 0 aliphatic carbocycles. The zero-order chi connectivity index (χ0) is 14.2. The summed E-state index contributed by atoms with van der Waals surface area (Å²) in [6.45, 7) is 2.14. The average molecular weight is 320 g/mol. The first-order valence-electron chi connectivity index (χ1n) is 7.46. The zero-order valence-corrected chi connectivity index (χ0v) is 13.4. The van der Waals surface area contributed by atoms with Crippen molar-refractivity contribution in [2.45, 2.75) is 25.4 Å². The second kappa shape index (κ2) is 5.67. The second-order valence-electron chi connectivity index (χ2n) is 5.75. The summed E-state index contributed by atoms with van der Waals surface area (Å²) in [5, 5.41) is 8.55. The van der Waals surface area contributed by atoms with Gasteiger partial charge in [0.15, 0.2) is 0 Å². The molecule has 5 heteroatoms. The standard InChI is InChI=1S/C16H18ClN3S/c17-14-4-2-1-3-12(14)16-13-9-20(11-6-8-21-10-11)7-5-15(13)18-19-16/h1-4,11H,5-10H2,(H,18,19)/t11-/m0/s1. The quantitative estimate of drug-likeness (QED) is 0.918. The molecule has 3 heterocycles. The van der Waals surface area contributed by atoms with E-state index in [9.17, 15) is 0 Å². The summed E-state index contributed by atoms with van der Waals surface area (Å²) in [4.78, 5) is 2.62. The molecule has 2 aliphatic heterocycles. The van der Waals surface area contributed by atoms with E-state index in [2.05, 4.69) is 32.9 Å². The Morgan fingerprint density at radius 2 is 2.24 bits per heavy atom. The van der Waals surface area contributed by atoms with Crippen LogP contribution in [0.1, 0.15) is 17.7 Å². The predicted octanol–water partition coefficient (Wildman–Crippen LogP) is 3.59. The monoisotopic (exact) mass is 319 g/mol. The highest BCUT2D eigenvalue weighted by Gasteiger charge is 2.29. The third-order valence-corrected chi connectivity index (χ3v) is 5.99. The first kappa shape index (κ1) is 13.7. The molecule has 0 radical (unpaired) electrons.